The Bertz CT molecular complexity index is 908. The average molecular weight is 351 g/mol. The summed E-state index contributed by atoms with van der Waals surface area (Å²) in [6, 6.07) is 13.1. The standard InChI is InChI=1S/C17H10ClF3N2O/c18-10-5-7-11(8-6-10)23-15-12-3-1-2-4-14(12)22-9-13(15)16(24)17(19,20)21/h1-9H,(H,22,23). The van der Waals surface area contributed by atoms with Crippen LogP contribution in [0.15, 0.2) is 54.7 Å². The number of rotatable bonds is 3. The summed E-state index contributed by atoms with van der Waals surface area (Å²) in [6.45, 7) is 0. The zero-order chi connectivity index (χ0) is 17.3. The van der Waals surface area contributed by atoms with Gasteiger partial charge in [-0.05, 0) is 30.3 Å². The minimum atomic E-state index is -4.99. The Labute approximate surface area is 140 Å². The molecule has 0 radical (unpaired) electrons. The molecule has 3 nitrogen and oxygen atoms in total. The van der Waals surface area contributed by atoms with Crippen LogP contribution < -0.4 is 5.32 Å². The molecule has 1 heterocycles. The van der Waals surface area contributed by atoms with Crippen LogP contribution in [-0.2, 0) is 0 Å². The molecule has 0 aliphatic rings. The molecule has 7 heteroatoms. The molecule has 0 amide bonds. The Kier molecular flexibility index (Phi) is 4.15. The van der Waals surface area contributed by atoms with Gasteiger partial charge in [0.05, 0.1) is 16.8 Å². The molecule has 2 aromatic carbocycles. The number of Topliss-reactive ketones (excluding diaryl/α,β-unsaturated/α-hetero) is 1. The van der Waals surface area contributed by atoms with Gasteiger partial charge in [-0.1, -0.05) is 29.8 Å². The van der Waals surface area contributed by atoms with Crippen molar-refractivity contribution in [3.05, 3.63) is 65.3 Å². The van der Waals surface area contributed by atoms with Gasteiger partial charge in [0.25, 0.3) is 5.78 Å². The van der Waals surface area contributed by atoms with Crippen molar-refractivity contribution < 1.29 is 18.0 Å². The number of benzene rings is 2. The molecule has 1 N–H and O–H groups in total. The molecule has 0 unspecified atom stereocenters. The number of pyridine rings is 1. The largest absolute Gasteiger partial charge is 0.455 e. The van der Waals surface area contributed by atoms with Crippen LogP contribution in [0.4, 0.5) is 24.5 Å². The van der Waals surface area contributed by atoms with Crippen LogP contribution in [0.2, 0.25) is 5.02 Å². The second kappa shape index (κ2) is 6.13. The Hall–Kier alpha value is -2.60. The van der Waals surface area contributed by atoms with E-state index in [1.54, 1.807) is 48.5 Å². The molecule has 0 aliphatic heterocycles. The van der Waals surface area contributed by atoms with E-state index in [-0.39, 0.29) is 5.69 Å². The highest BCUT2D eigenvalue weighted by molar-refractivity contribution is 6.30. The van der Waals surface area contributed by atoms with Crippen molar-refractivity contribution in [3.63, 3.8) is 0 Å². The van der Waals surface area contributed by atoms with Crippen molar-refractivity contribution in [2.24, 2.45) is 0 Å². The summed E-state index contributed by atoms with van der Waals surface area (Å²) in [7, 11) is 0. The predicted octanol–water partition coefficient (Wildman–Crippen LogP) is 5.38. The molecule has 3 rings (SSSR count). The number of hydrogen-bond acceptors (Lipinski definition) is 3. The SMILES string of the molecule is O=C(c1cnc2ccccc2c1Nc1ccc(Cl)cc1)C(F)(F)F. The van der Waals surface area contributed by atoms with Crippen LogP contribution in [0.1, 0.15) is 10.4 Å². The lowest BCUT2D eigenvalue weighted by Gasteiger charge is -2.15. The maximum atomic E-state index is 12.9. The topological polar surface area (TPSA) is 42.0 Å². The summed E-state index contributed by atoms with van der Waals surface area (Å²) in [5.41, 5.74) is 0.515. The third-order valence-electron chi connectivity index (χ3n) is 3.39. The minimum Gasteiger partial charge on any atom is -0.354 e. The zero-order valence-electron chi connectivity index (χ0n) is 12.1. The molecular weight excluding hydrogens is 341 g/mol. The first-order valence-electron chi connectivity index (χ1n) is 6.88. The van der Waals surface area contributed by atoms with Gasteiger partial charge < -0.3 is 5.32 Å². The maximum absolute atomic E-state index is 12.9. The van der Waals surface area contributed by atoms with Crippen LogP contribution in [-0.4, -0.2) is 16.9 Å². The lowest BCUT2D eigenvalue weighted by atomic mass is 10.1. The van der Waals surface area contributed by atoms with Crippen LogP contribution >= 0.6 is 11.6 Å². The number of nitrogens with one attached hydrogen (secondary N) is 1. The number of carbonyl (C=O) groups excluding carboxylic acids is 1. The van der Waals surface area contributed by atoms with Crippen molar-refractivity contribution in [3.8, 4) is 0 Å². The van der Waals surface area contributed by atoms with E-state index in [0.717, 1.165) is 6.20 Å². The molecule has 0 atom stereocenters. The van der Waals surface area contributed by atoms with Gasteiger partial charge in [-0.15, -0.1) is 0 Å². The van der Waals surface area contributed by atoms with E-state index in [0.29, 0.717) is 21.6 Å². The Morgan fingerprint density at radius 1 is 1.04 bits per heavy atom. The fourth-order valence-corrected chi connectivity index (χ4v) is 2.40. The number of carbonyl (C=O) groups is 1. The van der Waals surface area contributed by atoms with E-state index in [4.69, 9.17) is 11.6 Å². The summed E-state index contributed by atoms with van der Waals surface area (Å²) < 4.78 is 38.7. The van der Waals surface area contributed by atoms with Crippen LogP contribution in [0.25, 0.3) is 10.9 Å². The third kappa shape index (κ3) is 3.19. The highest BCUT2D eigenvalue weighted by Gasteiger charge is 2.41. The van der Waals surface area contributed by atoms with Crippen molar-refractivity contribution in [2.75, 3.05) is 5.32 Å². The highest BCUT2D eigenvalue weighted by Crippen LogP contribution is 2.33. The van der Waals surface area contributed by atoms with Gasteiger partial charge in [0, 0.05) is 22.3 Å². The second-order valence-corrected chi connectivity index (χ2v) is 5.46. The quantitative estimate of drug-likeness (QED) is 0.645. The Morgan fingerprint density at radius 3 is 2.38 bits per heavy atom. The molecule has 0 bridgehead atoms. The molecule has 0 fully saturated rings. The molecule has 24 heavy (non-hydrogen) atoms. The van der Waals surface area contributed by atoms with Crippen LogP contribution in [0.3, 0.4) is 0 Å². The Morgan fingerprint density at radius 2 is 1.71 bits per heavy atom. The first-order valence-corrected chi connectivity index (χ1v) is 7.26. The highest BCUT2D eigenvalue weighted by atomic mass is 35.5. The number of anilines is 2. The van der Waals surface area contributed by atoms with Crippen molar-refractivity contribution in [1.29, 1.82) is 0 Å². The van der Waals surface area contributed by atoms with Gasteiger partial charge in [0.2, 0.25) is 0 Å². The summed E-state index contributed by atoms with van der Waals surface area (Å²) in [4.78, 5) is 15.7. The number of alkyl halides is 3. The second-order valence-electron chi connectivity index (χ2n) is 5.02. The van der Waals surface area contributed by atoms with Gasteiger partial charge in [0.15, 0.2) is 0 Å². The number of hydrogen-bond donors (Lipinski definition) is 1. The van der Waals surface area contributed by atoms with Crippen LogP contribution in [0.5, 0.6) is 0 Å². The first kappa shape index (κ1) is 16.3. The molecular formula is C17H10ClF3N2O. The lowest BCUT2D eigenvalue weighted by molar-refractivity contribution is -0.0884. The van der Waals surface area contributed by atoms with Gasteiger partial charge >= 0.3 is 6.18 Å². The predicted molar refractivity (Wildman–Crippen MR) is 86.9 cm³/mol. The summed E-state index contributed by atoms with van der Waals surface area (Å²) in [6.07, 6.45) is -4.04. The van der Waals surface area contributed by atoms with E-state index in [1.165, 1.54) is 0 Å². The number of halogens is 4. The monoisotopic (exact) mass is 350 g/mol. The number of ketones is 1. The molecule has 0 saturated heterocycles. The van der Waals surface area contributed by atoms with E-state index in [1.807, 2.05) is 0 Å². The molecule has 0 saturated carbocycles. The van der Waals surface area contributed by atoms with Crippen molar-refractivity contribution in [2.45, 2.75) is 6.18 Å². The number of para-hydroxylation sites is 1. The maximum Gasteiger partial charge on any atom is 0.455 e. The average Bonchev–Trinajstić information content (AvgIpc) is 2.56. The van der Waals surface area contributed by atoms with Crippen LogP contribution in [0, 0.1) is 0 Å². The van der Waals surface area contributed by atoms with Gasteiger partial charge in [-0.2, -0.15) is 13.2 Å². The third-order valence-corrected chi connectivity index (χ3v) is 3.64. The summed E-state index contributed by atoms with van der Waals surface area (Å²) in [5.74, 6) is -1.95. The van der Waals surface area contributed by atoms with E-state index in [9.17, 15) is 18.0 Å². The number of fused-ring (bicyclic) bond motifs is 1. The lowest BCUT2D eigenvalue weighted by Crippen LogP contribution is -2.24. The fourth-order valence-electron chi connectivity index (χ4n) is 2.28. The number of aromatic nitrogens is 1. The van der Waals surface area contributed by atoms with E-state index >= 15 is 0 Å². The fraction of sp³-hybridized carbons (Fsp3) is 0.0588. The van der Waals surface area contributed by atoms with Crippen molar-refractivity contribution >= 4 is 39.7 Å². The van der Waals surface area contributed by atoms with Gasteiger partial charge in [-0.3, -0.25) is 9.78 Å². The zero-order valence-corrected chi connectivity index (χ0v) is 12.8. The molecule has 1 aromatic heterocycles. The van der Waals surface area contributed by atoms with E-state index < -0.39 is 17.5 Å². The Balaban J connectivity index is 2.17. The molecule has 3 aromatic rings. The number of nitrogens with zero attached hydrogens (tertiary/aromatic N) is 1. The molecule has 0 aliphatic carbocycles. The summed E-state index contributed by atoms with van der Waals surface area (Å²) in [5, 5.41) is 3.79. The minimum absolute atomic E-state index is 0.0604. The van der Waals surface area contributed by atoms with Crippen molar-refractivity contribution in [1.82, 2.24) is 4.98 Å². The normalized spacial score (nSPS) is 11.5. The smallest absolute Gasteiger partial charge is 0.354 e. The first-order chi connectivity index (χ1) is 11.4. The summed E-state index contributed by atoms with van der Waals surface area (Å²) >= 11 is 5.81. The molecule has 0 spiro atoms. The van der Waals surface area contributed by atoms with Gasteiger partial charge in [0.1, 0.15) is 0 Å². The van der Waals surface area contributed by atoms with E-state index in [2.05, 4.69) is 10.3 Å². The molecule has 122 valence electrons. The van der Waals surface area contributed by atoms with Gasteiger partial charge in [-0.25, -0.2) is 0 Å².